The molecule has 148 valence electrons. The maximum Gasteiger partial charge on any atom is 0.271 e. The molecule has 0 atom stereocenters. The van der Waals surface area contributed by atoms with Crippen molar-refractivity contribution in [3.63, 3.8) is 0 Å². The number of carbonyl (C=O) groups is 2. The second-order valence-electron chi connectivity index (χ2n) is 6.75. The summed E-state index contributed by atoms with van der Waals surface area (Å²) in [6.45, 7) is 2.41. The highest BCUT2D eigenvalue weighted by Gasteiger charge is 2.21. The second-order valence-corrected chi connectivity index (χ2v) is 7.16. The predicted molar refractivity (Wildman–Crippen MR) is 108 cm³/mol. The molecule has 2 aromatic carbocycles. The Balaban J connectivity index is 1.34. The molecule has 1 saturated heterocycles. The maximum atomic E-state index is 12.1. The molecule has 1 aliphatic heterocycles. The zero-order valence-corrected chi connectivity index (χ0v) is 16.3. The number of hydrogen-bond donors (Lipinski definition) is 2. The minimum atomic E-state index is -0.438. The minimum Gasteiger partial charge on any atom is -0.373 e. The molecular weight excluding hydrogens is 378 g/mol. The van der Waals surface area contributed by atoms with Gasteiger partial charge in [-0.05, 0) is 30.5 Å². The van der Waals surface area contributed by atoms with Crippen molar-refractivity contribution in [1.82, 2.24) is 15.8 Å². The average Bonchev–Trinajstić information content (AvgIpc) is 2.72. The Kier molecular flexibility index (Phi) is 7.42. The highest BCUT2D eigenvalue weighted by Crippen LogP contribution is 2.16. The van der Waals surface area contributed by atoms with Crippen LogP contribution in [0.2, 0.25) is 5.02 Å². The summed E-state index contributed by atoms with van der Waals surface area (Å²) >= 11 is 5.97. The minimum absolute atomic E-state index is 0.208. The molecule has 1 aliphatic rings. The summed E-state index contributed by atoms with van der Waals surface area (Å²) in [7, 11) is 0. The van der Waals surface area contributed by atoms with Crippen LogP contribution in [0, 0.1) is 0 Å². The molecule has 2 aromatic rings. The average molecular weight is 402 g/mol. The number of hydrazine groups is 1. The normalized spacial score (nSPS) is 15.2. The van der Waals surface area contributed by atoms with Crippen LogP contribution < -0.4 is 10.9 Å². The SMILES string of the molecule is O=C(CN1CCC(OCc2ccccc2)CC1)NNC(=O)c1ccccc1Cl. The number of hydrogen-bond acceptors (Lipinski definition) is 4. The smallest absolute Gasteiger partial charge is 0.271 e. The summed E-state index contributed by atoms with van der Waals surface area (Å²) < 4.78 is 5.96. The van der Waals surface area contributed by atoms with Gasteiger partial charge in [0.2, 0.25) is 0 Å². The lowest BCUT2D eigenvalue weighted by Crippen LogP contribution is -2.48. The van der Waals surface area contributed by atoms with E-state index in [1.165, 1.54) is 5.56 Å². The number of likely N-dealkylation sites (tertiary alicyclic amines) is 1. The molecule has 0 bridgehead atoms. The summed E-state index contributed by atoms with van der Waals surface area (Å²) in [4.78, 5) is 26.2. The van der Waals surface area contributed by atoms with Gasteiger partial charge in [-0.3, -0.25) is 25.3 Å². The van der Waals surface area contributed by atoms with Gasteiger partial charge in [-0.15, -0.1) is 0 Å². The number of ether oxygens (including phenoxy) is 1. The number of rotatable bonds is 6. The fourth-order valence-corrected chi connectivity index (χ4v) is 3.33. The van der Waals surface area contributed by atoms with Gasteiger partial charge in [-0.2, -0.15) is 0 Å². The molecule has 6 nitrogen and oxygen atoms in total. The lowest BCUT2D eigenvalue weighted by molar-refractivity contribution is -0.123. The van der Waals surface area contributed by atoms with Crippen LogP contribution in [0.3, 0.4) is 0 Å². The predicted octanol–water partition coefficient (Wildman–Crippen LogP) is 2.78. The maximum absolute atomic E-state index is 12.1. The molecule has 0 aromatic heterocycles. The van der Waals surface area contributed by atoms with Gasteiger partial charge in [-0.25, -0.2) is 0 Å². The van der Waals surface area contributed by atoms with Crippen LogP contribution in [-0.4, -0.2) is 42.5 Å². The van der Waals surface area contributed by atoms with E-state index in [9.17, 15) is 9.59 Å². The van der Waals surface area contributed by atoms with Gasteiger partial charge in [0.1, 0.15) is 0 Å². The van der Waals surface area contributed by atoms with E-state index in [4.69, 9.17) is 16.3 Å². The van der Waals surface area contributed by atoms with E-state index in [0.717, 1.165) is 25.9 Å². The molecule has 0 unspecified atom stereocenters. The first-order chi connectivity index (χ1) is 13.6. The van der Waals surface area contributed by atoms with E-state index in [1.807, 2.05) is 18.2 Å². The first-order valence-electron chi connectivity index (χ1n) is 9.33. The molecule has 0 saturated carbocycles. The van der Waals surface area contributed by atoms with Crippen molar-refractivity contribution in [2.45, 2.75) is 25.6 Å². The Morgan fingerprint density at radius 1 is 1.00 bits per heavy atom. The van der Waals surface area contributed by atoms with Crippen LogP contribution in [0.5, 0.6) is 0 Å². The number of benzene rings is 2. The van der Waals surface area contributed by atoms with Crippen LogP contribution in [0.4, 0.5) is 0 Å². The van der Waals surface area contributed by atoms with Gasteiger partial charge in [0, 0.05) is 13.1 Å². The van der Waals surface area contributed by atoms with Crippen LogP contribution >= 0.6 is 11.6 Å². The molecular formula is C21H24ClN3O3. The fourth-order valence-electron chi connectivity index (χ4n) is 3.10. The monoisotopic (exact) mass is 401 g/mol. The van der Waals surface area contributed by atoms with Gasteiger partial charge in [-0.1, -0.05) is 54.1 Å². The standard InChI is InChI=1S/C21H24ClN3O3/c22-19-9-5-4-8-18(19)21(27)24-23-20(26)14-25-12-10-17(11-13-25)28-15-16-6-2-1-3-7-16/h1-9,17H,10-15H2,(H,23,26)(H,24,27). The van der Waals surface area contributed by atoms with Gasteiger partial charge >= 0.3 is 0 Å². The lowest BCUT2D eigenvalue weighted by Gasteiger charge is -2.31. The quantitative estimate of drug-likeness (QED) is 0.730. The van der Waals surface area contributed by atoms with Gasteiger partial charge in [0.25, 0.3) is 11.8 Å². The van der Waals surface area contributed by atoms with Crippen LogP contribution in [0.25, 0.3) is 0 Å². The Morgan fingerprint density at radius 3 is 2.39 bits per heavy atom. The second kappa shape index (κ2) is 10.2. The third kappa shape index (κ3) is 6.05. The zero-order chi connectivity index (χ0) is 19.8. The number of piperidine rings is 1. The zero-order valence-electron chi connectivity index (χ0n) is 15.6. The summed E-state index contributed by atoms with van der Waals surface area (Å²) in [5.41, 5.74) is 6.33. The van der Waals surface area contributed by atoms with E-state index in [2.05, 4.69) is 27.9 Å². The first kappa shape index (κ1) is 20.3. The first-order valence-corrected chi connectivity index (χ1v) is 9.71. The van der Waals surface area contributed by atoms with Crippen molar-refractivity contribution in [2.75, 3.05) is 19.6 Å². The fraction of sp³-hybridized carbons (Fsp3) is 0.333. The van der Waals surface area contributed by atoms with Crippen molar-refractivity contribution in [2.24, 2.45) is 0 Å². The number of nitrogens with zero attached hydrogens (tertiary/aromatic N) is 1. The largest absolute Gasteiger partial charge is 0.373 e. The highest BCUT2D eigenvalue weighted by atomic mass is 35.5. The molecule has 1 heterocycles. The summed E-state index contributed by atoms with van der Waals surface area (Å²) in [5, 5.41) is 0.340. The molecule has 28 heavy (non-hydrogen) atoms. The number of halogens is 1. The summed E-state index contributed by atoms with van der Waals surface area (Å²) in [6, 6.07) is 16.8. The number of carbonyl (C=O) groups excluding carboxylic acids is 2. The Bertz CT molecular complexity index is 792. The van der Waals surface area contributed by atoms with Crippen molar-refractivity contribution in [3.8, 4) is 0 Å². The molecule has 2 N–H and O–H groups in total. The van der Waals surface area contributed by atoms with Crippen molar-refractivity contribution < 1.29 is 14.3 Å². The Labute approximate surface area is 169 Å². The van der Waals surface area contributed by atoms with Crippen LogP contribution in [-0.2, 0) is 16.1 Å². The molecule has 2 amide bonds. The van der Waals surface area contributed by atoms with Crippen LogP contribution in [0.15, 0.2) is 54.6 Å². The number of nitrogens with one attached hydrogen (secondary N) is 2. The van der Waals surface area contributed by atoms with Crippen LogP contribution in [0.1, 0.15) is 28.8 Å². The van der Waals surface area contributed by atoms with E-state index >= 15 is 0 Å². The summed E-state index contributed by atoms with van der Waals surface area (Å²) in [5.74, 6) is -0.698. The number of amides is 2. The molecule has 7 heteroatoms. The third-order valence-corrected chi connectivity index (χ3v) is 4.99. The van der Waals surface area contributed by atoms with Gasteiger partial charge in [0.05, 0.1) is 29.8 Å². The Hall–Kier alpha value is -2.41. The van der Waals surface area contributed by atoms with E-state index in [0.29, 0.717) is 17.2 Å². The highest BCUT2D eigenvalue weighted by molar-refractivity contribution is 6.33. The summed E-state index contributed by atoms with van der Waals surface area (Å²) in [6.07, 6.45) is 1.97. The van der Waals surface area contributed by atoms with E-state index in [1.54, 1.807) is 24.3 Å². The topological polar surface area (TPSA) is 70.7 Å². The van der Waals surface area contributed by atoms with Crippen molar-refractivity contribution in [3.05, 3.63) is 70.7 Å². The van der Waals surface area contributed by atoms with E-state index < -0.39 is 5.91 Å². The molecule has 0 radical (unpaired) electrons. The Morgan fingerprint density at radius 2 is 1.68 bits per heavy atom. The molecule has 0 spiro atoms. The van der Waals surface area contributed by atoms with E-state index in [-0.39, 0.29) is 18.6 Å². The third-order valence-electron chi connectivity index (χ3n) is 4.66. The molecule has 0 aliphatic carbocycles. The van der Waals surface area contributed by atoms with Gasteiger partial charge in [0.15, 0.2) is 0 Å². The lowest BCUT2D eigenvalue weighted by atomic mass is 10.1. The molecule has 1 fully saturated rings. The van der Waals surface area contributed by atoms with Gasteiger partial charge < -0.3 is 4.74 Å². The molecule has 3 rings (SSSR count). The van der Waals surface area contributed by atoms with Crippen molar-refractivity contribution in [1.29, 1.82) is 0 Å². The van der Waals surface area contributed by atoms with Crippen molar-refractivity contribution >= 4 is 23.4 Å².